The van der Waals surface area contributed by atoms with Gasteiger partial charge in [-0.05, 0) is 46.6 Å². The van der Waals surface area contributed by atoms with E-state index in [9.17, 15) is 10.1 Å². The third kappa shape index (κ3) is 3.08. The van der Waals surface area contributed by atoms with Crippen molar-refractivity contribution in [3.8, 4) is 17.2 Å². The first-order valence-electron chi connectivity index (χ1n) is 5.77. The number of nitro groups is 1. The monoisotopic (exact) mass is 337 g/mol. The summed E-state index contributed by atoms with van der Waals surface area (Å²) in [6, 6.07) is 9.87. The van der Waals surface area contributed by atoms with Crippen LogP contribution in [0.25, 0.3) is 0 Å². The molecular formula is C14H12BrNO4. The van der Waals surface area contributed by atoms with Crippen LogP contribution in [0.2, 0.25) is 0 Å². The van der Waals surface area contributed by atoms with Crippen molar-refractivity contribution in [1.29, 1.82) is 0 Å². The molecule has 0 saturated heterocycles. The van der Waals surface area contributed by atoms with E-state index >= 15 is 0 Å². The lowest BCUT2D eigenvalue weighted by Crippen LogP contribution is -1.95. The largest absolute Gasteiger partial charge is 0.497 e. The first kappa shape index (κ1) is 14.3. The van der Waals surface area contributed by atoms with Gasteiger partial charge in [0.05, 0.1) is 16.5 Å². The molecule has 20 heavy (non-hydrogen) atoms. The van der Waals surface area contributed by atoms with Crippen LogP contribution in [0.1, 0.15) is 5.56 Å². The van der Waals surface area contributed by atoms with Gasteiger partial charge in [0, 0.05) is 12.1 Å². The normalized spacial score (nSPS) is 10.2. The van der Waals surface area contributed by atoms with Crippen LogP contribution < -0.4 is 9.47 Å². The van der Waals surface area contributed by atoms with E-state index in [1.54, 1.807) is 6.07 Å². The highest BCUT2D eigenvalue weighted by Crippen LogP contribution is 2.37. The zero-order valence-electron chi connectivity index (χ0n) is 10.9. The standard InChI is InChI=1S/C14H12BrNO4/c1-9-3-6-13(11(15)7-9)20-14-8-10(19-2)4-5-12(14)16(17)18/h3-8H,1-2H3. The van der Waals surface area contributed by atoms with Gasteiger partial charge >= 0.3 is 5.69 Å². The molecule has 104 valence electrons. The lowest BCUT2D eigenvalue weighted by molar-refractivity contribution is -0.385. The number of methoxy groups -OCH3 is 1. The van der Waals surface area contributed by atoms with Crippen molar-refractivity contribution in [2.45, 2.75) is 6.92 Å². The van der Waals surface area contributed by atoms with Gasteiger partial charge in [0.15, 0.2) is 0 Å². The number of rotatable bonds is 4. The summed E-state index contributed by atoms with van der Waals surface area (Å²) in [7, 11) is 1.49. The number of hydrogen-bond acceptors (Lipinski definition) is 4. The molecule has 0 unspecified atom stereocenters. The quantitative estimate of drug-likeness (QED) is 0.610. The molecule has 2 rings (SSSR count). The Morgan fingerprint density at radius 2 is 1.90 bits per heavy atom. The maximum absolute atomic E-state index is 11.0. The minimum absolute atomic E-state index is 0.113. The van der Waals surface area contributed by atoms with Crippen LogP contribution in [0.3, 0.4) is 0 Å². The Morgan fingerprint density at radius 3 is 2.50 bits per heavy atom. The summed E-state index contributed by atoms with van der Waals surface area (Å²) in [6.07, 6.45) is 0. The van der Waals surface area contributed by atoms with Crippen LogP contribution in [0.15, 0.2) is 40.9 Å². The van der Waals surface area contributed by atoms with Gasteiger partial charge in [0.1, 0.15) is 11.5 Å². The molecule has 0 heterocycles. The second-order valence-corrected chi connectivity index (χ2v) is 4.98. The molecular weight excluding hydrogens is 326 g/mol. The third-order valence-corrected chi connectivity index (χ3v) is 3.29. The zero-order chi connectivity index (χ0) is 14.7. The predicted octanol–water partition coefficient (Wildman–Crippen LogP) is 4.47. The minimum Gasteiger partial charge on any atom is -0.497 e. The van der Waals surface area contributed by atoms with E-state index in [0.29, 0.717) is 11.5 Å². The Kier molecular flexibility index (Phi) is 4.24. The molecule has 0 spiro atoms. The smallest absolute Gasteiger partial charge is 0.311 e. The molecule has 0 fully saturated rings. The molecule has 0 aliphatic carbocycles. The SMILES string of the molecule is COc1ccc([N+](=O)[O-])c(Oc2ccc(C)cc2Br)c1. The Bertz CT molecular complexity index is 658. The van der Waals surface area contributed by atoms with Crippen molar-refractivity contribution < 1.29 is 14.4 Å². The highest BCUT2D eigenvalue weighted by atomic mass is 79.9. The van der Waals surface area contributed by atoms with Crippen LogP contribution in [0, 0.1) is 17.0 Å². The maximum atomic E-state index is 11.0. The molecule has 2 aromatic rings. The van der Waals surface area contributed by atoms with Gasteiger partial charge in [-0.1, -0.05) is 6.07 Å². The van der Waals surface area contributed by atoms with Gasteiger partial charge in [0.2, 0.25) is 5.75 Å². The van der Waals surface area contributed by atoms with Crippen molar-refractivity contribution in [1.82, 2.24) is 0 Å². The number of ether oxygens (including phenoxy) is 2. The number of benzene rings is 2. The minimum atomic E-state index is -0.489. The first-order valence-corrected chi connectivity index (χ1v) is 6.57. The molecule has 0 radical (unpaired) electrons. The van der Waals surface area contributed by atoms with Gasteiger partial charge in [-0.25, -0.2) is 0 Å². The predicted molar refractivity (Wildman–Crippen MR) is 78.6 cm³/mol. The first-order chi connectivity index (χ1) is 9.51. The molecule has 5 nitrogen and oxygen atoms in total. The summed E-state index contributed by atoms with van der Waals surface area (Å²) >= 11 is 3.38. The Hall–Kier alpha value is -2.08. The van der Waals surface area contributed by atoms with Crippen LogP contribution >= 0.6 is 15.9 Å². The highest BCUT2D eigenvalue weighted by molar-refractivity contribution is 9.10. The number of halogens is 1. The summed E-state index contributed by atoms with van der Waals surface area (Å²) in [6.45, 7) is 1.95. The maximum Gasteiger partial charge on any atom is 0.311 e. The molecule has 0 aliphatic heterocycles. The van der Waals surface area contributed by atoms with Crippen molar-refractivity contribution in [2.75, 3.05) is 7.11 Å². The molecule has 0 N–H and O–H groups in total. The van der Waals surface area contributed by atoms with Crippen molar-refractivity contribution >= 4 is 21.6 Å². The highest BCUT2D eigenvalue weighted by Gasteiger charge is 2.17. The molecule has 2 aromatic carbocycles. The lowest BCUT2D eigenvalue weighted by atomic mass is 10.2. The van der Waals surface area contributed by atoms with E-state index in [1.807, 2.05) is 19.1 Å². The van der Waals surface area contributed by atoms with Gasteiger partial charge in [-0.2, -0.15) is 0 Å². The average molecular weight is 338 g/mol. The molecule has 0 bridgehead atoms. The van der Waals surface area contributed by atoms with Crippen LogP contribution in [0.4, 0.5) is 5.69 Å². The Balaban J connectivity index is 2.43. The number of nitrogens with zero attached hydrogens (tertiary/aromatic N) is 1. The van der Waals surface area contributed by atoms with E-state index in [2.05, 4.69) is 15.9 Å². The molecule has 0 aromatic heterocycles. The van der Waals surface area contributed by atoms with Gasteiger partial charge < -0.3 is 9.47 Å². The summed E-state index contributed by atoms with van der Waals surface area (Å²) in [5.74, 6) is 1.14. The topological polar surface area (TPSA) is 61.6 Å². The summed E-state index contributed by atoms with van der Waals surface area (Å²) in [5.41, 5.74) is 0.947. The van der Waals surface area contributed by atoms with Gasteiger partial charge in [0.25, 0.3) is 0 Å². The second kappa shape index (κ2) is 5.92. The van der Waals surface area contributed by atoms with Crippen LogP contribution in [-0.4, -0.2) is 12.0 Å². The lowest BCUT2D eigenvalue weighted by Gasteiger charge is -2.10. The fraction of sp³-hybridized carbons (Fsp3) is 0.143. The summed E-state index contributed by atoms with van der Waals surface area (Å²) in [4.78, 5) is 10.5. The second-order valence-electron chi connectivity index (χ2n) is 4.13. The Morgan fingerprint density at radius 1 is 1.15 bits per heavy atom. The molecule has 6 heteroatoms. The van der Waals surface area contributed by atoms with Crippen LogP contribution in [-0.2, 0) is 0 Å². The van der Waals surface area contributed by atoms with E-state index in [0.717, 1.165) is 10.0 Å². The summed E-state index contributed by atoms with van der Waals surface area (Å²) in [5, 5.41) is 11.0. The Labute approximate surface area is 124 Å². The van der Waals surface area contributed by atoms with Gasteiger partial charge in [-0.3, -0.25) is 10.1 Å². The number of nitro benzene ring substituents is 1. The van der Waals surface area contributed by atoms with E-state index in [1.165, 1.54) is 25.3 Å². The van der Waals surface area contributed by atoms with E-state index in [4.69, 9.17) is 9.47 Å². The zero-order valence-corrected chi connectivity index (χ0v) is 12.5. The molecule has 0 aliphatic rings. The average Bonchev–Trinajstić information content (AvgIpc) is 2.41. The fourth-order valence-corrected chi connectivity index (χ4v) is 2.24. The van der Waals surface area contributed by atoms with Crippen molar-refractivity contribution in [3.63, 3.8) is 0 Å². The summed E-state index contributed by atoms with van der Waals surface area (Å²) < 4.78 is 11.4. The van der Waals surface area contributed by atoms with Crippen LogP contribution in [0.5, 0.6) is 17.2 Å². The number of hydrogen-bond donors (Lipinski definition) is 0. The van der Waals surface area contributed by atoms with Gasteiger partial charge in [-0.15, -0.1) is 0 Å². The van der Waals surface area contributed by atoms with Crippen molar-refractivity contribution in [2.24, 2.45) is 0 Å². The third-order valence-electron chi connectivity index (χ3n) is 2.67. The number of aryl methyl sites for hydroxylation is 1. The van der Waals surface area contributed by atoms with E-state index in [-0.39, 0.29) is 11.4 Å². The molecule has 0 amide bonds. The molecule has 0 saturated carbocycles. The van der Waals surface area contributed by atoms with E-state index < -0.39 is 4.92 Å². The molecule has 0 atom stereocenters. The van der Waals surface area contributed by atoms with Crippen molar-refractivity contribution in [3.05, 3.63) is 56.5 Å². The fourth-order valence-electron chi connectivity index (χ4n) is 1.66.